The number of alkyl halides is 1. The van der Waals surface area contributed by atoms with E-state index < -0.39 is 6.04 Å². The van der Waals surface area contributed by atoms with Crippen molar-refractivity contribution >= 4 is 46.7 Å². The molecule has 3 atom stereocenters. The van der Waals surface area contributed by atoms with Crippen LogP contribution in [0.15, 0.2) is 24.3 Å². The average molecular weight is 443 g/mol. The highest BCUT2D eigenvalue weighted by Crippen LogP contribution is 2.19. The Morgan fingerprint density at radius 3 is 2.59 bits per heavy atom. The van der Waals surface area contributed by atoms with E-state index in [1.807, 2.05) is 20.8 Å². The Bertz CT molecular complexity index is 746. The Balaban J connectivity index is 2.00. The van der Waals surface area contributed by atoms with Gasteiger partial charge in [0, 0.05) is 36.4 Å². The monoisotopic (exact) mass is 442 g/mol. The van der Waals surface area contributed by atoms with Crippen molar-refractivity contribution in [2.75, 3.05) is 30.8 Å². The molecule has 0 bridgehead atoms. The van der Waals surface area contributed by atoms with Crippen LogP contribution < -0.4 is 10.6 Å². The van der Waals surface area contributed by atoms with Crippen molar-refractivity contribution in [3.05, 3.63) is 29.3 Å². The van der Waals surface area contributed by atoms with Crippen LogP contribution >= 0.6 is 23.2 Å². The summed E-state index contributed by atoms with van der Waals surface area (Å²) in [6.45, 7) is 6.98. The summed E-state index contributed by atoms with van der Waals surface area (Å²) in [4.78, 5) is 40.8. The SMILES string of the molecule is CCC(C)C(NC(=O)CCl)C(=O)N1CCN(C(=O)Nc2cccc(Cl)c2)C(C)C1. The van der Waals surface area contributed by atoms with Crippen LogP contribution in [0.1, 0.15) is 27.2 Å². The number of hydrogen-bond acceptors (Lipinski definition) is 3. The molecular weight excluding hydrogens is 415 g/mol. The van der Waals surface area contributed by atoms with Gasteiger partial charge in [-0.2, -0.15) is 0 Å². The smallest absolute Gasteiger partial charge is 0.322 e. The fraction of sp³-hybridized carbons (Fsp3) is 0.550. The summed E-state index contributed by atoms with van der Waals surface area (Å²) in [5.41, 5.74) is 0.619. The van der Waals surface area contributed by atoms with Gasteiger partial charge in [0.25, 0.3) is 0 Å². The summed E-state index contributed by atoms with van der Waals surface area (Å²) >= 11 is 11.6. The van der Waals surface area contributed by atoms with E-state index >= 15 is 0 Å². The molecule has 160 valence electrons. The predicted octanol–water partition coefficient (Wildman–Crippen LogP) is 3.17. The normalized spacial score (nSPS) is 18.7. The number of halogens is 2. The summed E-state index contributed by atoms with van der Waals surface area (Å²) in [7, 11) is 0. The maximum absolute atomic E-state index is 13.0. The van der Waals surface area contributed by atoms with Gasteiger partial charge in [-0.3, -0.25) is 9.59 Å². The molecule has 2 N–H and O–H groups in total. The zero-order chi connectivity index (χ0) is 21.6. The molecule has 0 spiro atoms. The van der Waals surface area contributed by atoms with Crippen LogP contribution in [0.5, 0.6) is 0 Å². The van der Waals surface area contributed by atoms with Crippen molar-refractivity contribution in [2.24, 2.45) is 5.92 Å². The van der Waals surface area contributed by atoms with Crippen molar-refractivity contribution in [3.63, 3.8) is 0 Å². The van der Waals surface area contributed by atoms with Crippen molar-refractivity contribution in [3.8, 4) is 0 Å². The highest BCUT2D eigenvalue weighted by molar-refractivity contribution is 6.30. The lowest BCUT2D eigenvalue weighted by Crippen LogP contribution is -2.60. The maximum atomic E-state index is 13.0. The Labute approximate surface area is 181 Å². The molecule has 9 heteroatoms. The van der Waals surface area contributed by atoms with E-state index in [9.17, 15) is 14.4 Å². The molecule has 0 aromatic heterocycles. The number of piperazine rings is 1. The van der Waals surface area contributed by atoms with Crippen molar-refractivity contribution < 1.29 is 14.4 Å². The Morgan fingerprint density at radius 2 is 2.00 bits per heavy atom. The van der Waals surface area contributed by atoms with Crippen LogP contribution in [0, 0.1) is 5.92 Å². The molecule has 1 aromatic carbocycles. The Kier molecular flexibility index (Phi) is 8.59. The molecule has 2 rings (SSSR count). The molecule has 1 aliphatic heterocycles. The molecule has 3 unspecified atom stereocenters. The maximum Gasteiger partial charge on any atom is 0.322 e. The van der Waals surface area contributed by atoms with Gasteiger partial charge in [0.05, 0.1) is 0 Å². The van der Waals surface area contributed by atoms with Gasteiger partial charge >= 0.3 is 6.03 Å². The van der Waals surface area contributed by atoms with Crippen LogP contribution in [-0.2, 0) is 9.59 Å². The van der Waals surface area contributed by atoms with Gasteiger partial charge in [-0.05, 0) is 31.0 Å². The lowest BCUT2D eigenvalue weighted by molar-refractivity contribution is -0.139. The number of nitrogens with zero attached hydrogens (tertiary/aromatic N) is 2. The van der Waals surface area contributed by atoms with Crippen LogP contribution in [0.3, 0.4) is 0 Å². The van der Waals surface area contributed by atoms with Crippen LogP contribution in [0.25, 0.3) is 0 Å². The van der Waals surface area contributed by atoms with E-state index in [0.29, 0.717) is 30.3 Å². The molecular formula is C20H28Cl2N4O3. The number of anilines is 1. The number of carbonyl (C=O) groups is 3. The lowest BCUT2D eigenvalue weighted by Gasteiger charge is -2.41. The summed E-state index contributed by atoms with van der Waals surface area (Å²) in [5, 5.41) is 6.11. The quantitative estimate of drug-likeness (QED) is 0.663. The number of rotatable bonds is 6. The predicted molar refractivity (Wildman–Crippen MR) is 115 cm³/mol. The average Bonchev–Trinajstić information content (AvgIpc) is 2.70. The first kappa shape index (κ1) is 23.3. The highest BCUT2D eigenvalue weighted by Gasteiger charge is 2.35. The molecule has 1 fully saturated rings. The number of hydrogen-bond donors (Lipinski definition) is 2. The van der Waals surface area contributed by atoms with Gasteiger partial charge < -0.3 is 20.4 Å². The summed E-state index contributed by atoms with van der Waals surface area (Å²) in [6, 6.07) is 5.92. The van der Waals surface area contributed by atoms with Gasteiger partial charge in [0.1, 0.15) is 11.9 Å². The summed E-state index contributed by atoms with van der Waals surface area (Å²) in [5.74, 6) is -0.708. The molecule has 1 aromatic rings. The van der Waals surface area contributed by atoms with Crippen molar-refractivity contribution in [1.82, 2.24) is 15.1 Å². The highest BCUT2D eigenvalue weighted by atomic mass is 35.5. The second-order valence-electron chi connectivity index (χ2n) is 7.33. The molecule has 29 heavy (non-hydrogen) atoms. The van der Waals surface area contributed by atoms with E-state index in [0.717, 1.165) is 6.42 Å². The number of nitrogens with one attached hydrogen (secondary N) is 2. The number of amides is 4. The second kappa shape index (κ2) is 10.7. The number of urea groups is 1. The Morgan fingerprint density at radius 1 is 1.28 bits per heavy atom. The third-order valence-corrected chi connectivity index (χ3v) is 5.67. The molecule has 1 saturated heterocycles. The Hall–Kier alpha value is -1.99. The van der Waals surface area contributed by atoms with Gasteiger partial charge in [0.15, 0.2) is 0 Å². The first-order valence-electron chi connectivity index (χ1n) is 9.74. The van der Waals surface area contributed by atoms with Gasteiger partial charge in [-0.1, -0.05) is 37.9 Å². The van der Waals surface area contributed by atoms with E-state index in [1.54, 1.807) is 34.1 Å². The summed E-state index contributed by atoms with van der Waals surface area (Å²) < 4.78 is 0. The molecule has 0 saturated carbocycles. The van der Waals surface area contributed by atoms with Crippen LogP contribution in [-0.4, -0.2) is 65.2 Å². The minimum Gasteiger partial charge on any atom is -0.343 e. The van der Waals surface area contributed by atoms with Crippen molar-refractivity contribution in [1.29, 1.82) is 0 Å². The van der Waals surface area contributed by atoms with E-state index in [1.165, 1.54) is 0 Å². The fourth-order valence-corrected chi connectivity index (χ4v) is 3.58. The lowest BCUT2D eigenvalue weighted by atomic mass is 9.97. The third kappa shape index (κ3) is 6.24. The van der Waals surface area contributed by atoms with Crippen LogP contribution in [0.4, 0.5) is 10.5 Å². The molecule has 4 amide bonds. The third-order valence-electron chi connectivity index (χ3n) is 5.19. The zero-order valence-electron chi connectivity index (χ0n) is 17.0. The minimum absolute atomic E-state index is 0.0193. The number of benzene rings is 1. The van der Waals surface area contributed by atoms with Gasteiger partial charge in [-0.25, -0.2) is 4.79 Å². The second-order valence-corrected chi connectivity index (χ2v) is 8.04. The van der Waals surface area contributed by atoms with E-state index in [2.05, 4.69) is 10.6 Å². The first-order chi connectivity index (χ1) is 13.8. The van der Waals surface area contributed by atoms with Crippen LogP contribution in [0.2, 0.25) is 5.02 Å². The minimum atomic E-state index is -0.620. The topological polar surface area (TPSA) is 81.8 Å². The molecule has 7 nitrogen and oxygen atoms in total. The van der Waals surface area contributed by atoms with Gasteiger partial charge in [0.2, 0.25) is 11.8 Å². The summed E-state index contributed by atoms with van der Waals surface area (Å²) in [6.07, 6.45) is 0.747. The number of carbonyl (C=O) groups excluding carboxylic acids is 3. The van der Waals surface area contributed by atoms with Gasteiger partial charge in [-0.15, -0.1) is 11.6 Å². The molecule has 0 aliphatic carbocycles. The fourth-order valence-electron chi connectivity index (χ4n) is 3.31. The molecule has 1 heterocycles. The van der Waals surface area contributed by atoms with E-state index in [4.69, 9.17) is 23.2 Å². The van der Waals surface area contributed by atoms with E-state index in [-0.39, 0.29) is 35.7 Å². The molecule has 1 aliphatic rings. The standard InChI is InChI=1S/C20H28Cl2N4O3/c1-4-13(2)18(24-17(27)11-21)19(28)25-8-9-26(14(3)12-25)20(29)23-16-7-5-6-15(22)10-16/h5-7,10,13-14,18H,4,8-9,11-12H2,1-3H3,(H,23,29)(H,24,27). The first-order valence-corrected chi connectivity index (χ1v) is 10.6. The zero-order valence-corrected chi connectivity index (χ0v) is 18.5. The largest absolute Gasteiger partial charge is 0.343 e. The van der Waals surface area contributed by atoms with Crippen molar-refractivity contribution in [2.45, 2.75) is 39.3 Å². The molecule has 0 radical (unpaired) electrons.